The van der Waals surface area contributed by atoms with Crippen molar-refractivity contribution in [3.05, 3.63) is 210 Å². The first kappa shape index (κ1) is 61.6. The van der Waals surface area contributed by atoms with Gasteiger partial charge in [-0.15, -0.1) is 47.0 Å². The lowest BCUT2D eigenvalue weighted by Crippen LogP contribution is -1.95. The fraction of sp³-hybridized carbons (Fsp3) is 0.214. The zero-order chi connectivity index (χ0) is 53.2. The van der Waals surface area contributed by atoms with Crippen molar-refractivity contribution in [1.29, 1.82) is 0 Å². The van der Waals surface area contributed by atoms with Crippen LogP contribution in [-0.4, -0.2) is 40.4 Å². The van der Waals surface area contributed by atoms with E-state index in [1.807, 2.05) is 59.0 Å². The van der Waals surface area contributed by atoms with Crippen LogP contribution in [0.4, 0.5) is 8.78 Å². The van der Waals surface area contributed by atoms with E-state index in [9.17, 15) is 29.2 Å². The predicted molar refractivity (Wildman–Crippen MR) is 307 cm³/mol. The number of benzene rings is 4. The quantitative estimate of drug-likeness (QED) is 0.0820. The molecule has 0 spiro atoms. The van der Waals surface area contributed by atoms with E-state index in [4.69, 9.17) is 46.4 Å². The number of aromatic hydroxyl groups is 4. The summed E-state index contributed by atoms with van der Waals surface area (Å²) < 4.78 is 27.0. The summed E-state index contributed by atoms with van der Waals surface area (Å²) >= 11 is 30.3. The van der Waals surface area contributed by atoms with Gasteiger partial charge in [-0.2, -0.15) is 0 Å². The van der Waals surface area contributed by atoms with E-state index in [0.29, 0.717) is 49.2 Å². The van der Waals surface area contributed by atoms with Crippen LogP contribution in [0.5, 0.6) is 23.0 Å². The van der Waals surface area contributed by atoms with Crippen LogP contribution < -0.4 is 0 Å². The number of aromatic nitrogens is 4. The number of pyridine rings is 4. The number of halogens is 6. The molecule has 4 aromatic heterocycles. The third-order valence-electron chi connectivity index (χ3n) is 10.2. The molecule has 18 heteroatoms. The Hall–Kier alpha value is -4.90. The first-order chi connectivity index (χ1) is 34.8. The molecule has 4 heterocycles. The van der Waals surface area contributed by atoms with Gasteiger partial charge < -0.3 is 20.4 Å². The number of hydrogen-bond acceptors (Lipinski definition) is 12. The van der Waals surface area contributed by atoms with Gasteiger partial charge in [-0.05, 0) is 153 Å². The lowest BCUT2D eigenvalue weighted by atomic mass is 10.2. The predicted octanol–water partition coefficient (Wildman–Crippen LogP) is 18.0. The zero-order valence-corrected chi connectivity index (χ0v) is 46.9. The number of hydrogen-bond donors (Lipinski definition) is 4. The summed E-state index contributed by atoms with van der Waals surface area (Å²) in [6.07, 6.45) is 11.2. The summed E-state index contributed by atoms with van der Waals surface area (Å²) in [6.45, 7) is 11.8. The first-order valence-electron chi connectivity index (χ1n) is 22.3. The minimum absolute atomic E-state index is 0. The molecule has 0 saturated carbocycles. The Morgan fingerprint density at radius 2 is 0.757 bits per heavy atom. The third-order valence-corrected chi connectivity index (χ3v) is 15.6. The van der Waals surface area contributed by atoms with Gasteiger partial charge in [-0.3, -0.25) is 19.9 Å². The van der Waals surface area contributed by atoms with E-state index in [1.165, 1.54) is 35.9 Å². The van der Waals surface area contributed by atoms with E-state index >= 15 is 0 Å². The number of thioether (sulfide) groups is 4. The molecule has 4 N–H and O–H groups in total. The summed E-state index contributed by atoms with van der Waals surface area (Å²) in [4.78, 5) is 19.6. The molecule has 74 heavy (non-hydrogen) atoms. The minimum Gasteiger partial charge on any atom is -0.508 e. The van der Waals surface area contributed by atoms with Gasteiger partial charge in [0.25, 0.3) is 0 Å². The monoisotopic (exact) mass is 1150 g/mol. The molecule has 0 aliphatic heterocycles. The van der Waals surface area contributed by atoms with Crippen molar-refractivity contribution in [3.63, 3.8) is 0 Å². The molecule has 0 radical (unpaired) electrons. The van der Waals surface area contributed by atoms with E-state index < -0.39 is 11.6 Å². The Bertz CT molecular complexity index is 2760. The first-order valence-corrected chi connectivity index (χ1v) is 27.7. The molecule has 0 unspecified atom stereocenters. The van der Waals surface area contributed by atoms with Gasteiger partial charge in [-0.25, -0.2) is 8.78 Å². The van der Waals surface area contributed by atoms with Crippen molar-refractivity contribution >= 4 is 93.5 Å². The van der Waals surface area contributed by atoms with Crippen LogP contribution in [0.3, 0.4) is 0 Å². The molecule has 4 aromatic carbocycles. The average Bonchev–Trinajstić information content (AvgIpc) is 3.30. The number of phenolic OH excluding ortho intramolecular Hbond substituents is 4. The molecule has 0 amide bonds. The Kier molecular flexibility index (Phi) is 25.5. The maximum absolute atomic E-state index is 13.5. The van der Waals surface area contributed by atoms with E-state index in [1.54, 1.807) is 84.4 Å². The van der Waals surface area contributed by atoms with Gasteiger partial charge >= 0.3 is 0 Å². The molecule has 0 aliphatic rings. The van der Waals surface area contributed by atoms with Crippen LogP contribution in [0, 0.1) is 46.3 Å². The van der Waals surface area contributed by atoms with Gasteiger partial charge in [0.2, 0.25) is 0 Å². The van der Waals surface area contributed by atoms with Crippen molar-refractivity contribution in [3.8, 4) is 23.0 Å². The number of phenols is 4. The topological polar surface area (TPSA) is 132 Å². The molecule has 0 atom stereocenters. The molecule has 8 nitrogen and oxygen atoms in total. The van der Waals surface area contributed by atoms with Crippen molar-refractivity contribution in [1.82, 2.24) is 19.9 Å². The Morgan fingerprint density at radius 1 is 0.432 bits per heavy atom. The van der Waals surface area contributed by atoms with E-state index in [2.05, 4.69) is 39.0 Å². The summed E-state index contributed by atoms with van der Waals surface area (Å²) in [5.41, 5.74) is 9.18. The summed E-state index contributed by atoms with van der Waals surface area (Å²) in [7, 11) is 0. The van der Waals surface area contributed by atoms with Crippen LogP contribution >= 0.6 is 93.5 Å². The molecule has 0 bridgehead atoms. The van der Waals surface area contributed by atoms with Gasteiger partial charge in [0, 0.05) is 101 Å². The van der Waals surface area contributed by atoms with E-state index in [0.717, 1.165) is 99.6 Å². The smallest absolute Gasteiger partial charge is 0.147 e. The lowest BCUT2D eigenvalue weighted by Gasteiger charge is -2.09. The van der Waals surface area contributed by atoms with Crippen molar-refractivity contribution in [2.45, 2.75) is 98.0 Å². The normalized spacial score (nSPS) is 10.5. The standard InChI is InChI=1S/C15H16ClNOS.C14H14ClNOS.2C13H11ClFNOS.CH4/c1-3-15-13(14(16)4-5-17-15)9-19-12-7-10(2)6-11(18)8-12;1-9-3-11(17)5-12(4-9)18-8-13-10(2)6-16-7-14(13)15;2*1-8-2-9(17)4-10(3-8)18-7-11-12(14)5-16-6-13(11)15;/h4-8,18H,3,9H2,1-2H3;3-7,17H,8H2,1-2H3;2*2-6,17H,7H2,1H3;1H4. The van der Waals surface area contributed by atoms with Crippen LogP contribution in [0.1, 0.15) is 70.1 Å². The SMILES string of the molecule is C.CCc1nccc(Cl)c1CSc1cc(C)cc(O)c1.Cc1cc(O)cc(SCc2c(C)cncc2Cl)c1.Cc1cc(O)cc(SCc2c(F)cncc2Cl)c1.Cc1cc(O)cc(SCc2c(F)cncc2Cl)c1. The summed E-state index contributed by atoms with van der Waals surface area (Å²) in [5, 5.41) is 40.2. The number of nitrogens with zero attached hydrogens (tertiary/aromatic N) is 4. The van der Waals surface area contributed by atoms with Crippen LogP contribution in [0.15, 0.2) is 142 Å². The molecular formula is C56H56Cl4F2N4O4S4. The molecule has 390 valence electrons. The lowest BCUT2D eigenvalue weighted by molar-refractivity contribution is 0.472. The Balaban J connectivity index is 0.000000213. The molecular weight excluding hydrogens is 1100 g/mol. The average molecular weight is 1160 g/mol. The highest BCUT2D eigenvalue weighted by atomic mass is 35.5. The van der Waals surface area contributed by atoms with Gasteiger partial charge in [-0.1, -0.05) is 60.8 Å². The molecule has 0 fully saturated rings. The Labute approximate surface area is 469 Å². The van der Waals surface area contributed by atoms with Crippen molar-refractivity contribution < 1.29 is 29.2 Å². The molecule has 0 aliphatic carbocycles. The zero-order valence-electron chi connectivity index (χ0n) is 40.6. The second-order valence-corrected chi connectivity index (χ2v) is 22.1. The molecule has 0 saturated heterocycles. The minimum atomic E-state index is -0.410. The van der Waals surface area contributed by atoms with Crippen LogP contribution in [0.2, 0.25) is 20.1 Å². The molecule has 8 rings (SSSR count). The second kappa shape index (κ2) is 30.6. The Morgan fingerprint density at radius 3 is 1.08 bits per heavy atom. The highest BCUT2D eigenvalue weighted by Gasteiger charge is 2.12. The largest absolute Gasteiger partial charge is 0.508 e. The van der Waals surface area contributed by atoms with Gasteiger partial charge in [0.15, 0.2) is 0 Å². The summed E-state index contributed by atoms with van der Waals surface area (Å²) in [6, 6.07) is 23.4. The summed E-state index contributed by atoms with van der Waals surface area (Å²) in [5.74, 6) is 2.53. The van der Waals surface area contributed by atoms with Gasteiger partial charge in [0.05, 0.1) is 27.5 Å². The fourth-order valence-electron chi connectivity index (χ4n) is 6.73. The number of aryl methyl sites for hydroxylation is 6. The van der Waals surface area contributed by atoms with Crippen LogP contribution in [0.25, 0.3) is 0 Å². The fourth-order valence-corrected chi connectivity index (χ4v) is 12.4. The van der Waals surface area contributed by atoms with Crippen molar-refractivity contribution in [2.75, 3.05) is 0 Å². The van der Waals surface area contributed by atoms with Crippen LogP contribution in [-0.2, 0) is 29.4 Å². The highest BCUT2D eigenvalue weighted by molar-refractivity contribution is 7.99. The second-order valence-electron chi connectivity index (χ2n) is 16.3. The highest BCUT2D eigenvalue weighted by Crippen LogP contribution is 2.35. The maximum Gasteiger partial charge on any atom is 0.147 e. The van der Waals surface area contributed by atoms with Gasteiger partial charge in [0.1, 0.15) is 34.6 Å². The third kappa shape index (κ3) is 20.0. The van der Waals surface area contributed by atoms with E-state index in [-0.39, 0.29) is 18.9 Å². The van der Waals surface area contributed by atoms with Crippen molar-refractivity contribution in [2.24, 2.45) is 0 Å². The number of rotatable bonds is 13. The maximum atomic E-state index is 13.5. The molecule has 8 aromatic rings.